The largest absolute Gasteiger partial charge is 0.455 e. The van der Waals surface area contributed by atoms with Crippen molar-refractivity contribution in [1.29, 1.82) is 0 Å². The van der Waals surface area contributed by atoms with E-state index in [9.17, 15) is 41.0 Å². The summed E-state index contributed by atoms with van der Waals surface area (Å²) in [6.45, 7) is 1.86. The molecular formula is C26H22F6N4O4. The number of aliphatic hydroxyl groups excluding tert-OH is 1. The van der Waals surface area contributed by atoms with Gasteiger partial charge in [-0.1, -0.05) is 25.5 Å². The minimum Gasteiger partial charge on any atom is -0.455 e. The van der Waals surface area contributed by atoms with E-state index >= 15 is 0 Å². The molecule has 0 saturated carbocycles. The van der Waals surface area contributed by atoms with Crippen molar-refractivity contribution in [3.63, 3.8) is 0 Å². The molecule has 0 saturated heterocycles. The van der Waals surface area contributed by atoms with E-state index in [1.807, 2.05) is 6.92 Å². The molecule has 212 valence electrons. The molecule has 1 aromatic carbocycles. The van der Waals surface area contributed by atoms with Crippen molar-refractivity contribution < 1.29 is 36.2 Å². The van der Waals surface area contributed by atoms with Crippen LogP contribution in [-0.2, 0) is 25.9 Å². The molecule has 3 aromatic heterocycles. The van der Waals surface area contributed by atoms with E-state index in [1.165, 1.54) is 13.1 Å². The highest BCUT2D eigenvalue weighted by Crippen LogP contribution is 2.38. The Morgan fingerprint density at radius 2 is 1.73 bits per heavy atom. The van der Waals surface area contributed by atoms with Crippen LogP contribution in [-0.4, -0.2) is 24.2 Å². The first-order valence-electron chi connectivity index (χ1n) is 11.9. The lowest BCUT2D eigenvalue weighted by atomic mass is 9.99. The number of aryl methyl sites for hydroxylation is 1. The summed E-state index contributed by atoms with van der Waals surface area (Å²) in [5, 5.41) is 11.0. The molecule has 1 unspecified atom stereocenters. The number of alkyl halides is 6. The zero-order valence-corrected chi connectivity index (χ0v) is 21.0. The van der Waals surface area contributed by atoms with Crippen LogP contribution in [0.2, 0.25) is 0 Å². The van der Waals surface area contributed by atoms with E-state index in [0.29, 0.717) is 25.0 Å². The van der Waals surface area contributed by atoms with Gasteiger partial charge < -0.3 is 9.84 Å². The smallest absolute Gasteiger partial charge is 0.433 e. The molecule has 0 spiro atoms. The van der Waals surface area contributed by atoms with Crippen LogP contribution in [0.4, 0.5) is 26.3 Å². The Morgan fingerprint density at radius 1 is 1.00 bits per heavy atom. The summed E-state index contributed by atoms with van der Waals surface area (Å²) in [5.74, 6) is -0.664. The maximum Gasteiger partial charge on any atom is 0.433 e. The van der Waals surface area contributed by atoms with Crippen LogP contribution in [0.25, 0.3) is 11.0 Å². The molecular weight excluding hydrogens is 546 g/mol. The van der Waals surface area contributed by atoms with E-state index in [0.717, 1.165) is 39.7 Å². The van der Waals surface area contributed by atoms with Crippen LogP contribution in [0.3, 0.4) is 0 Å². The Morgan fingerprint density at radius 3 is 2.33 bits per heavy atom. The number of pyridine rings is 2. The van der Waals surface area contributed by atoms with Crippen molar-refractivity contribution in [2.75, 3.05) is 0 Å². The van der Waals surface area contributed by atoms with E-state index < -0.39 is 41.0 Å². The van der Waals surface area contributed by atoms with Gasteiger partial charge in [-0.25, -0.2) is 9.78 Å². The van der Waals surface area contributed by atoms with Crippen LogP contribution < -0.4 is 16.0 Å². The maximum atomic E-state index is 13.6. The second-order valence-electron chi connectivity index (χ2n) is 8.89. The first-order valence-corrected chi connectivity index (χ1v) is 11.9. The monoisotopic (exact) mass is 568 g/mol. The summed E-state index contributed by atoms with van der Waals surface area (Å²) in [6, 6.07) is 5.38. The third-order valence-corrected chi connectivity index (χ3v) is 6.15. The molecule has 0 fully saturated rings. The van der Waals surface area contributed by atoms with Crippen molar-refractivity contribution in [3.8, 4) is 11.5 Å². The van der Waals surface area contributed by atoms with Crippen molar-refractivity contribution in [2.45, 2.75) is 44.8 Å². The topological polar surface area (TPSA) is 99.2 Å². The SMILES string of the molecule is CCCCn1c(=O)c2c(C(O)c3ccc(C(F)(F)F)nc3)c(Oc3cccc(C(F)(F)F)c3)cnc2n(C)c1=O. The van der Waals surface area contributed by atoms with Crippen molar-refractivity contribution in [2.24, 2.45) is 7.05 Å². The van der Waals surface area contributed by atoms with Gasteiger partial charge in [-0.15, -0.1) is 0 Å². The van der Waals surface area contributed by atoms with Gasteiger partial charge in [0.2, 0.25) is 0 Å². The molecule has 0 aliphatic rings. The lowest BCUT2D eigenvalue weighted by Gasteiger charge is -2.20. The minimum absolute atomic E-state index is 0.0219. The lowest BCUT2D eigenvalue weighted by Crippen LogP contribution is -2.40. The number of rotatable bonds is 7. The van der Waals surface area contributed by atoms with Gasteiger partial charge in [0.15, 0.2) is 5.75 Å². The number of fused-ring (bicyclic) bond motifs is 1. The maximum absolute atomic E-state index is 13.6. The molecule has 1 N–H and O–H groups in total. The highest BCUT2D eigenvalue weighted by molar-refractivity contribution is 5.81. The van der Waals surface area contributed by atoms with Gasteiger partial charge >= 0.3 is 18.0 Å². The van der Waals surface area contributed by atoms with Crippen LogP contribution in [0.1, 0.15) is 48.3 Å². The summed E-state index contributed by atoms with van der Waals surface area (Å²) in [7, 11) is 1.34. The number of hydrogen-bond acceptors (Lipinski definition) is 6. The first kappa shape index (κ1) is 28.8. The number of aromatic nitrogens is 4. The molecule has 0 aliphatic carbocycles. The number of ether oxygens (including phenoxy) is 1. The fourth-order valence-electron chi connectivity index (χ4n) is 4.09. The Hall–Kier alpha value is -4.20. The first-order chi connectivity index (χ1) is 18.7. The van der Waals surface area contributed by atoms with Crippen molar-refractivity contribution >= 4 is 11.0 Å². The normalized spacial score (nSPS) is 13.0. The molecule has 4 rings (SSSR count). The van der Waals surface area contributed by atoms with Gasteiger partial charge in [0, 0.05) is 30.9 Å². The molecule has 14 heteroatoms. The predicted octanol–water partition coefficient (Wildman–Crippen LogP) is 5.20. The van der Waals surface area contributed by atoms with Gasteiger partial charge in [-0.05, 0) is 30.7 Å². The summed E-state index contributed by atoms with van der Waals surface area (Å²) >= 11 is 0. The third kappa shape index (κ3) is 5.57. The van der Waals surface area contributed by atoms with Gasteiger partial charge in [-0.2, -0.15) is 26.3 Å². The second-order valence-corrected chi connectivity index (χ2v) is 8.89. The molecule has 4 aromatic rings. The Labute approximate surface area is 222 Å². The average molecular weight is 568 g/mol. The quantitative estimate of drug-likeness (QED) is 0.308. The highest BCUT2D eigenvalue weighted by atomic mass is 19.4. The fourth-order valence-corrected chi connectivity index (χ4v) is 4.09. The van der Waals surface area contributed by atoms with Crippen LogP contribution >= 0.6 is 0 Å². The zero-order chi connectivity index (χ0) is 29.4. The molecule has 0 radical (unpaired) electrons. The van der Waals surface area contributed by atoms with Crippen molar-refractivity contribution in [1.82, 2.24) is 19.1 Å². The highest BCUT2D eigenvalue weighted by Gasteiger charge is 2.33. The summed E-state index contributed by atoms with van der Waals surface area (Å²) in [6.07, 6.45) is -8.44. The van der Waals surface area contributed by atoms with Crippen LogP contribution in [0, 0.1) is 0 Å². The molecule has 8 nitrogen and oxygen atoms in total. The molecule has 0 amide bonds. The summed E-state index contributed by atoms with van der Waals surface area (Å²) in [5.41, 5.74) is -4.47. The summed E-state index contributed by atoms with van der Waals surface area (Å²) in [4.78, 5) is 33.9. The number of hydrogen-bond donors (Lipinski definition) is 1. The summed E-state index contributed by atoms with van der Waals surface area (Å²) < 4.78 is 86.6. The van der Waals surface area contributed by atoms with Crippen LogP contribution in [0.15, 0.2) is 58.4 Å². The fraction of sp³-hybridized carbons (Fsp3) is 0.308. The van der Waals surface area contributed by atoms with E-state index in [4.69, 9.17) is 4.74 Å². The molecule has 0 aliphatic heterocycles. The Kier molecular flexibility index (Phi) is 7.74. The lowest BCUT2D eigenvalue weighted by molar-refractivity contribution is -0.141. The average Bonchev–Trinajstić information content (AvgIpc) is 2.90. The Balaban J connectivity index is 1.98. The van der Waals surface area contributed by atoms with Gasteiger partial charge in [-0.3, -0.25) is 18.9 Å². The number of unbranched alkanes of at least 4 members (excludes halogenated alkanes) is 1. The zero-order valence-electron chi connectivity index (χ0n) is 21.0. The van der Waals surface area contributed by atoms with Crippen molar-refractivity contribution in [3.05, 3.63) is 92.0 Å². The number of halogens is 6. The number of aliphatic hydroxyl groups is 1. The van der Waals surface area contributed by atoms with E-state index in [2.05, 4.69) is 9.97 Å². The Bertz CT molecular complexity index is 1660. The van der Waals surface area contributed by atoms with Gasteiger partial charge in [0.1, 0.15) is 23.2 Å². The van der Waals surface area contributed by atoms with Crippen LogP contribution in [0.5, 0.6) is 11.5 Å². The number of benzene rings is 1. The standard InChI is InChI=1S/C26H22F6N4O4/c1-3-4-10-36-23(38)20-19(21(37)14-8-9-18(33-12-14)26(30,31)32)17(13-34-22(20)35(2)24(36)39)40-16-7-5-6-15(11-16)25(27,28)29/h5-9,11-13,21,37H,3-4,10H2,1-2H3. The molecule has 3 heterocycles. The predicted molar refractivity (Wildman–Crippen MR) is 131 cm³/mol. The van der Waals surface area contributed by atoms with E-state index in [-0.39, 0.29) is 40.2 Å². The molecule has 1 atom stereocenters. The van der Waals surface area contributed by atoms with Gasteiger partial charge in [0.05, 0.1) is 17.1 Å². The second kappa shape index (κ2) is 10.8. The third-order valence-electron chi connectivity index (χ3n) is 6.15. The minimum atomic E-state index is -4.75. The van der Waals surface area contributed by atoms with Gasteiger partial charge in [0.25, 0.3) is 5.56 Å². The van der Waals surface area contributed by atoms with E-state index in [1.54, 1.807) is 0 Å². The molecule has 40 heavy (non-hydrogen) atoms. The number of nitrogens with zero attached hydrogens (tertiary/aromatic N) is 4. The molecule has 0 bridgehead atoms.